The van der Waals surface area contributed by atoms with Crippen LogP contribution in [0.3, 0.4) is 0 Å². The van der Waals surface area contributed by atoms with E-state index in [-0.39, 0.29) is 37.7 Å². The van der Waals surface area contributed by atoms with E-state index < -0.39 is 23.7 Å². The van der Waals surface area contributed by atoms with Crippen molar-refractivity contribution in [2.75, 3.05) is 31.1 Å². The number of nitrogens with one attached hydrogen (secondary N) is 1. The summed E-state index contributed by atoms with van der Waals surface area (Å²) in [6, 6.07) is 16.0. The van der Waals surface area contributed by atoms with Gasteiger partial charge in [-0.1, -0.05) is 67.8 Å². The van der Waals surface area contributed by atoms with Crippen molar-refractivity contribution in [1.82, 2.24) is 10.2 Å². The van der Waals surface area contributed by atoms with Crippen LogP contribution >= 0.6 is 0 Å². The Morgan fingerprint density at radius 3 is 2.34 bits per heavy atom. The van der Waals surface area contributed by atoms with Crippen molar-refractivity contribution in [1.29, 1.82) is 0 Å². The van der Waals surface area contributed by atoms with E-state index in [2.05, 4.69) is 5.32 Å². The Morgan fingerprint density at radius 2 is 1.64 bits per heavy atom. The third kappa shape index (κ3) is 11.1. The number of esters is 2. The van der Waals surface area contributed by atoms with Crippen LogP contribution in [0.15, 0.2) is 54.6 Å². The lowest BCUT2D eigenvalue weighted by Gasteiger charge is -2.31. The monoisotopic (exact) mass is 649 g/mol. The molecule has 0 aliphatic carbocycles. The van der Waals surface area contributed by atoms with E-state index in [1.165, 1.54) is 4.90 Å². The smallest absolute Gasteiger partial charge is 0.410 e. The minimum atomic E-state index is -0.677. The molecule has 0 aromatic heterocycles. The molecule has 2 aliphatic rings. The first-order valence-electron chi connectivity index (χ1n) is 17.0. The fraction of sp³-hybridized carbons (Fsp3) is 0.568. The van der Waals surface area contributed by atoms with E-state index in [0.29, 0.717) is 44.0 Å². The zero-order valence-corrected chi connectivity index (χ0v) is 28.4. The summed E-state index contributed by atoms with van der Waals surface area (Å²) in [7, 11) is 0. The van der Waals surface area contributed by atoms with Gasteiger partial charge in [0.1, 0.15) is 24.8 Å². The molecule has 0 saturated carbocycles. The maximum absolute atomic E-state index is 13.9. The van der Waals surface area contributed by atoms with Gasteiger partial charge in [-0.05, 0) is 82.9 Å². The van der Waals surface area contributed by atoms with Gasteiger partial charge in [0, 0.05) is 18.8 Å². The first kappa shape index (κ1) is 35.9. The van der Waals surface area contributed by atoms with Crippen LogP contribution in [0.1, 0.15) is 83.8 Å². The Balaban J connectivity index is 1.28. The van der Waals surface area contributed by atoms with E-state index in [9.17, 15) is 19.2 Å². The molecule has 10 heteroatoms. The van der Waals surface area contributed by atoms with Crippen LogP contribution in [-0.4, -0.2) is 72.8 Å². The van der Waals surface area contributed by atoms with Gasteiger partial charge in [0.2, 0.25) is 5.91 Å². The quantitative estimate of drug-likeness (QED) is 0.164. The molecule has 10 nitrogen and oxygen atoms in total. The molecule has 2 heterocycles. The lowest BCUT2D eigenvalue weighted by molar-refractivity contribution is -0.154. The highest BCUT2D eigenvalue weighted by Gasteiger charge is 2.35. The van der Waals surface area contributed by atoms with Gasteiger partial charge in [-0.2, -0.15) is 0 Å². The number of piperidine rings is 1. The zero-order chi connectivity index (χ0) is 33.8. The normalized spacial score (nSPS) is 17.8. The predicted molar refractivity (Wildman–Crippen MR) is 180 cm³/mol. The number of anilines is 1. The van der Waals surface area contributed by atoms with Crippen LogP contribution in [0.5, 0.6) is 0 Å². The van der Waals surface area contributed by atoms with Gasteiger partial charge in [-0.3, -0.25) is 24.6 Å². The largest absolute Gasteiger partial charge is 0.465 e. The fourth-order valence-electron chi connectivity index (χ4n) is 6.29. The number of rotatable bonds is 13. The van der Waals surface area contributed by atoms with Crippen LogP contribution in [0.25, 0.3) is 0 Å². The number of unbranched alkanes of at least 4 members (excludes halogenated alkanes) is 1. The van der Waals surface area contributed by atoms with Crippen LogP contribution in [0.2, 0.25) is 0 Å². The average Bonchev–Trinajstić information content (AvgIpc) is 3.17. The molecule has 1 saturated heterocycles. The maximum Gasteiger partial charge on any atom is 0.410 e. The molecule has 256 valence electrons. The van der Waals surface area contributed by atoms with Crippen LogP contribution in [-0.2, 0) is 41.6 Å². The first-order valence-corrected chi connectivity index (χ1v) is 17.0. The fourth-order valence-corrected chi connectivity index (χ4v) is 6.29. The lowest BCUT2D eigenvalue weighted by atomic mass is 9.91. The first-order chi connectivity index (χ1) is 22.5. The number of carbonyl (C=O) groups is 4. The van der Waals surface area contributed by atoms with Crippen molar-refractivity contribution in [3.63, 3.8) is 0 Å². The second-order valence-corrected chi connectivity index (χ2v) is 13.5. The number of ether oxygens (including phenoxy) is 3. The number of hydrogen-bond donors (Lipinski definition) is 1. The zero-order valence-electron chi connectivity index (χ0n) is 28.4. The third-order valence-corrected chi connectivity index (χ3v) is 8.66. The number of amides is 2. The van der Waals surface area contributed by atoms with Crippen molar-refractivity contribution >= 4 is 29.6 Å². The number of nitrogens with zero attached hydrogens (tertiary/aromatic N) is 2. The predicted octanol–water partition coefficient (Wildman–Crippen LogP) is 5.81. The molecule has 2 atom stereocenters. The number of likely N-dealkylation sites (tertiary alicyclic amines) is 1. The molecule has 2 aromatic rings. The second-order valence-electron chi connectivity index (χ2n) is 13.5. The summed E-state index contributed by atoms with van der Waals surface area (Å²) in [4.78, 5) is 55.6. The summed E-state index contributed by atoms with van der Waals surface area (Å²) in [5.74, 6) is -0.615. The highest BCUT2D eigenvalue weighted by atomic mass is 16.6. The molecule has 0 unspecified atom stereocenters. The molecular weight excluding hydrogens is 598 g/mol. The molecule has 4 rings (SSSR count). The van der Waals surface area contributed by atoms with Gasteiger partial charge in [-0.15, -0.1) is 0 Å². The molecule has 0 bridgehead atoms. The average molecular weight is 650 g/mol. The lowest BCUT2D eigenvalue weighted by Crippen LogP contribution is -2.53. The van der Waals surface area contributed by atoms with Crippen LogP contribution in [0, 0.1) is 5.92 Å². The standard InChI is InChI=1S/C37H51N3O7/c1-5-45-35(43)31(17-11-9-13-27-21-23-39(24-22-27)36(44)46-26-28-14-7-6-8-15-28)38-30-20-19-29-16-10-12-18-32(29)40(34(30)42)25-33(41)47-37(2,3)4/h6-8,10,12,14-16,18,27,30-31,38H,5,9,11,13,17,19-26H2,1-4H3/t30-,31+/m1/s1. The van der Waals surface area contributed by atoms with Crippen molar-refractivity contribution < 1.29 is 33.4 Å². The molecule has 0 spiro atoms. The Labute approximate surface area is 279 Å². The highest BCUT2D eigenvalue weighted by Crippen LogP contribution is 2.28. The summed E-state index contributed by atoms with van der Waals surface area (Å²) >= 11 is 0. The van der Waals surface area contributed by atoms with Crippen LogP contribution in [0.4, 0.5) is 10.5 Å². The Morgan fingerprint density at radius 1 is 0.936 bits per heavy atom. The topological polar surface area (TPSA) is 114 Å². The van der Waals surface area contributed by atoms with Gasteiger partial charge in [0.15, 0.2) is 0 Å². The number of fused-ring (bicyclic) bond motifs is 1. The van der Waals surface area contributed by atoms with Crippen molar-refractivity contribution in [2.45, 2.75) is 103 Å². The molecular formula is C37H51N3O7. The SMILES string of the molecule is CCOC(=O)[C@H](CCCCC1CCN(C(=O)OCc2ccccc2)CC1)N[C@@H]1CCc2ccccc2N(CC(=O)OC(C)(C)C)C1=O. The van der Waals surface area contributed by atoms with Crippen molar-refractivity contribution in [3.8, 4) is 0 Å². The van der Waals surface area contributed by atoms with Gasteiger partial charge < -0.3 is 19.1 Å². The van der Waals surface area contributed by atoms with Crippen LogP contribution < -0.4 is 10.2 Å². The molecule has 0 radical (unpaired) electrons. The summed E-state index contributed by atoms with van der Waals surface area (Å²) in [5, 5.41) is 3.32. The number of aryl methyl sites for hydroxylation is 1. The number of hydrogen-bond acceptors (Lipinski definition) is 8. The highest BCUT2D eigenvalue weighted by molar-refractivity contribution is 6.02. The van der Waals surface area contributed by atoms with E-state index in [4.69, 9.17) is 14.2 Å². The minimum Gasteiger partial charge on any atom is -0.465 e. The summed E-state index contributed by atoms with van der Waals surface area (Å²) in [6.07, 6.45) is 5.94. The van der Waals surface area contributed by atoms with E-state index in [0.717, 1.165) is 43.2 Å². The molecule has 1 N–H and O–H groups in total. The van der Waals surface area contributed by atoms with E-state index in [1.54, 1.807) is 32.6 Å². The number of para-hydroxylation sites is 1. The van der Waals surface area contributed by atoms with Crippen molar-refractivity contribution in [2.24, 2.45) is 5.92 Å². The van der Waals surface area contributed by atoms with Gasteiger partial charge in [0.25, 0.3) is 0 Å². The van der Waals surface area contributed by atoms with Gasteiger partial charge in [0.05, 0.1) is 12.6 Å². The van der Waals surface area contributed by atoms with E-state index >= 15 is 0 Å². The second kappa shape index (κ2) is 17.3. The van der Waals surface area contributed by atoms with Crippen molar-refractivity contribution in [3.05, 3.63) is 65.7 Å². The molecule has 2 aliphatic heterocycles. The maximum atomic E-state index is 13.9. The van der Waals surface area contributed by atoms with Gasteiger partial charge >= 0.3 is 18.0 Å². The molecule has 1 fully saturated rings. The molecule has 2 amide bonds. The van der Waals surface area contributed by atoms with Gasteiger partial charge in [-0.25, -0.2) is 4.79 Å². The Bertz CT molecular complexity index is 1330. The third-order valence-electron chi connectivity index (χ3n) is 8.66. The summed E-state index contributed by atoms with van der Waals surface area (Å²) in [6.45, 7) is 8.83. The Kier molecular flexibility index (Phi) is 13.2. The molecule has 2 aromatic carbocycles. The number of benzene rings is 2. The van der Waals surface area contributed by atoms with E-state index in [1.807, 2.05) is 54.6 Å². The summed E-state index contributed by atoms with van der Waals surface area (Å²) in [5.41, 5.74) is 1.95. The Hall–Kier alpha value is -3.92. The number of carbonyl (C=O) groups excluding carboxylic acids is 4. The molecule has 47 heavy (non-hydrogen) atoms. The summed E-state index contributed by atoms with van der Waals surface area (Å²) < 4.78 is 16.4. The minimum absolute atomic E-state index is 0.209.